The molecule has 0 fully saturated rings. The summed E-state index contributed by atoms with van der Waals surface area (Å²) in [6, 6.07) is 8.16. The van der Waals surface area contributed by atoms with Gasteiger partial charge >= 0.3 is 5.97 Å². The Balaban J connectivity index is 1.99. The predicted molar refractivity (Wildman–Crippen MR) is 120 cm³/mol. The largest absolute Gasteiger partial charge is 0.424 e. The molecule has 3 rings (SSSR count). The minimum absolute atomic E-state index is 0.116. The minimum atomic E-state index is -1.80. The van der Waals surface area contributed by atoms with E-state index in [1.807, 2.05) is 12.1 Å². The van der Waals surface area contributed by atoms with E-state index in [-0.39, 0.29) is 5.97 Å². The Labute approximate surface area is 176 Å². The number of rotatable bonds is 5. The van der Waals surface area contributed by atoms with Gasteiger partial charge in [0.15, 0.2) is 0 Å². The smallest absolute Gasteiger partial charge is 0.339 e. The third kappa shape index (κ3) is 3.76. The van der Waals surface area contributed by atoms with Crippen molar-refractivity contribution in [2.24, 2.45) is 0 Å². The first-order valence-corrected chi connectivity index (χ1v) is 13.3. The highest BCUT2D eigenvalue weighted by molar-refractivity contribution is 6.88. The molecule has 28 heavy (non-hydrogen) atoms. The van der Waals surface area contributed by atoms with Gasteiger partial charge in [-0.15, -0.1) is 0 Å². The molecule has 152 valence electrons. The van der Waals surface area contributed by atoms with Crippen LogP contribution in [-0.2, 0) is 9.53 Å². The first kappa shape index (κ1) is 21.4. The molecule has 2 aliphatic rings. The summed E-state index contributed by atoms with van der Waals surface area (Å²) < 4.78 is 5.88. The van der Waals surface area contributed by atoms with Gasteiger partial charge in [-0.3, -0.25) is 0 Å². The molecule has 0 saturated carbocycles. The molecule has 1 aliphatic heterocycles. The zero-order valence-electron chi connectivity index (χ0n) is 18.0. The van der Waals surface area contributed by atoms with E-state index in [1.165, 1.54) is 5.56 Å². The molecule has 1 unspecified atom stereocenters. The molecule has 1 aliphatic carbocycles. The van der Waals surface area contributed by atoms with Crippen LogP contribution in [0.4, 0.5) is 0 Å². The van der Waals surface area contributed by atoms with Gasteiger partial charge in [-0.25, -0.2) is 4.79 Å². The SMILES string of the molecule is CC(C)[Si](/C=C1\OC(=O)C2=C1CC(c1ccc(Cl)cc1)CC2)(C(C)C)C(C)C. The minimum Gasteiger partial charge on any atom is -0.424 e. The maximum Gasteiger partial charge on any atom is 0.339 e. The summed E-state index contributed by atoms with van der Waals surface area (Å²) in [4.78, 5) is 12.6. The first-order valence-electron chi connectivity index (χ1n) is 10.6. The number of benzene rings is 1. The van der Waals surface area contributed by atoms with Gasteiger partial charge in [0.2, 0.25) is 0 Å². The van der Waals surface area contributed by atoms with E-state index in [4.69, 9.17) is 16.3 Å². The van der Waals surface area contributed by atoms with Crippen LogP contribution < -0.4 is 0 Å². The van der Waals surface area contributed by atoms with Gasteiger partial charge in [-0.1, -0.05) is 71.0 Å². The van der Waals surface area contributed by atoms with E-state index in [2.05, 4.69) is 59.4 Å². The predicted octanol–water partition coefficient (Wildman–Crippen LogP) is 7.56. The quantitative estimate of drug-likeness (QED) is 0.365. The highest BCUT2D eigenvalue weighted by Crippen LogP contribution is 2.48. The molecule has 0 bridgehead atoms. The van der Waals surface area contributed by atoms with Crippen LogP contribution in [0.1, 0.15) is 72.3 Å². The van der Waals surface area contributed by atoms with Crippen LogP contribution in [0.3, 0.4) is 0 Å². The van der Waals surface area contributed by atoms with Crippen LogP contribution in [0.25, 0.3) is 0 Å². The zero-order chi connectivity index (χ0) is 20.6. The number of halogens is 1. The Kier molecular flexibility index (Phi) is 6.26. The lowest BCUT2D eigenvalue weighted by Gasteiger charge is -2.41. The highest BCUT2D eigenvalue weighted by atomic mass is 35.5. The molecule has 0 aromatic heterocycles. The van der Waals surface area contributed by atoms with E-state index in [1.54, 1.807) is 0 Å². The molecule has 1 atom stereocenters. The average molecular weight is 417 g/mol. The van der Waals surface area contributed by atoms with Gasteiger partial charge in [-0.2, -0.15) is 0 Å². The van der Waals surface area contributed by atoms with E-state index in [9.17, 15) is 4.79 Å². The van der Waals surface area contributed by atoms with Gasteiger partial charge in [0.05, 0.1) is 8.07 Å². The number of esters is 1. The van der Waals surface area contributed by atoms with Crippen LogP contribution in [0.2, 0.25) is 21.6 Å². The number of carbonyl (C=O) groups is 1. The fourth-order valence-electron chi connectivity index (χ4n) is 5.50. The summed E-state index contributed by atoms with van der Waals surface area (Å²) in [5, 5.41) is 0.765. The molecular weight excluding hydrogens is 384 g/mol. The Morgan fingerprint density at radius 1 is 1.00 bits per heavy atom. The van der Waals surface area contributed by atoms with Crippen LogP contribution in [0.15, 0.2) is 46.9 Å². The van der Waals surface area contributed by atoms with E-state index >= 15 is 0 Å². The molecular formula is C24H33ClO2Si. The lowest BCUT2D eigenvalue weighted by atomic mass is 9.80. The molecule has 2 nitrogen and oxygen atoms in total. The van der Waals surface area contributed by atoms with Crippen molar-refractivity contribution in [1.82, 2.24) is 0 Å². The van der Waals surface area contributed by atoms with Gasteiger partial charge in [-0.05, 0) is 59.5 Å². The summed E-state index contributed by atoms with van der Waals surface area (Å²) in [7, 11) is -1.80. The summed E-state index contributed by atoms with van der Waals surface area (Å²) in [6.07, 6.45) is 2.68. The van der Waals surface area contributed by atoms with Gasteiger partial charge < -0.3 is 4.74 Å². The Morgan fingerprint density at radius 2 is 1.57 bits per heavy atom. The van der Waals surface area contributed by atoms with Crippen LogP contribution in [0.5, 0.6) is 0 Å². The second kappa shape index (κ2) is 8.20. The van der Waals surface area contributed by atoms with Gasteiger partial charge in [0.1, 0.15) is 5.76 Å². The van der Waals surface area contributed by atoms with E-state index < -0.39 is 8.07 Å². The highest BCUT2D eigenvalue weighted by Gasteiger charge is 2.44. The molecule has 0 N–H and O–H groups in total. The fourth-order valence-corrected chi connectivity index (χ4v) is 11.3. The van der Waals surface area contributed by atoms with E-state index in [0.717, 1.165) is 41.2 Å². The first-order chi connectivity index (χ1) is 13.2. The Hall–Kier alpha value is -1.32. The molecule has 4 heteroatoms. The number of hydrogen-bond donors (Lipinski definition) is 0. The number of allylic oxidation sites excluding steroid dienone is 1. The van der Waals surface area contributed by atoms with Crippen molar-refractivity contribution in [3.63, 3.8) is 0 Å². The van der Waals surface area contributed by atoms with Gasteiger partial charge in [0, 0.05) is 16.2 Å². The van der Waals surface area contributed by atoms with Crippen molar-refractivity contribution in [1.29, 1.82) is 0 Å². The lowest BCUT2D eigenvalue weighted by Crippen LogP contribution is -2.43. The number of hydrogen-bond acceptors (Lipinski definition) is 2. The second-order valence-electron chi connectivity index (χ2n) is 9.31. The topological polar surface area (TPSA) is 26.3 Å². The second-order valence-corrected chi connectivity index (χ2v) is 15.5. The number of carbonyl (C=O) groups excluding carboxylic acids is 1. The zero-order valence-corrected chi connectivity index (χ0v) is 19.8. The van der Waals surface area contributed by atoms with Crippen molar-refractivity contribution in [3.05, 3.63) is 57.5 Å². The molecule has 0 radical (unpaired) electrons. The maximum atomic E-state index is 12.6. The normalized spacial score (nSPS) is 21.9. The van der Waals surface area contributed by atoms with Crippen molar-refractivity contribution in [3.8, 4) is 0 Å². The average Bonchev–Trinajstić information content (AvgIpc) is 2.94. The summed E-state index contributed by atoms with van der Waals surface area (Å²) >= 11 is 6.06. The summed E-state index contributed by atoms with van der Waals surface area (Å²) in [5.41, 5.74) is 7.59. The standard InChI is InChI=1S/C24H33ClO2Si/c1-15(2)28(16(3)4,17(5)6)14-23-22-13-19(9-12-21(22)24(26)27-23)18-7-10-20(25)11-8-18/h7-8,10-11,14-17,19H,9,12-13H2,1-6H3/b23-14-. The molecule has 0 spiro atoms. The molecule has 0 saturated heterocycles. The van der Waals surface area contributed by atoms with Crippen molar-refractivity contribution < 1.29 is 9.53 Å². The third-order valence-electron chi connectivity index (χ3n) is 7.03. The van der Waals surface area contributed by atoms with Crippen LogP contribution in [-0.4, -0.2) is 14.0 Å². The molecule has 0 amide bonds. The molecule has 1 aromatic rings. The monoisotopic (exact) mass is 416 g/mol. The number of ether oxygens (including phenoxy) is 1. The fraction of sp³-hybridized carbons (Fsp3) is 0.542. The van der Waals surface area contributed by atoms with Crippen LogP contribution in [0, 0.1) is 0 Å². The third-order valence-corrected chi connectivity index (χ3v) is 14.0. The van der Waals surface area contributed by atoms with Crippen molar-refractivity contribution in [2.45, 2.75) is 83.3 Å². The Morgan fingerprint density at radius 3 is 2.11 bits per heavy atom. The van der Waals surface area contributed by atoms with Crippen molar-refractivity contribution >= 4 is 25.6 Å². The Bertz CT molecular complexity index is 781. The molecule has 1 heterocycles. The maximum absolute atomic E-state index is 12.6. The lowest BCUT2D eigenvalue weighted by molar-refractivity contribution is -0.133. The molecule has 1 aromatic carbocycles. The van der Waals surface area contributed by atoms with Gasteiger partial charge in [0.25, 0.3) is 0 Å². The number of cyclic esters (lactones) is 1. The van der Waals surface area contributed by atoms with Crippen LogP contribution >= 0.6 is 11.6 Å². The summed E-state index contributed by atoms with van der Waals surface area (Å²) in [5.74, 6) is 1.18. The van der Waals surface area contributed by atoms with Crippen molar-refractivity contribution in [2.75, 3.05) is 0 Å². The van der Waals surface area contributed by atoms with E-state index in [0.29, 0.717) is 22.5 Å². The summed E-state index contributed by atoms with van der Waals surface area (Å²) in [6.45, 7) is 14.0.